The third-order valence-corrected chi connectivity index (χ3v) is 4.37. The molecule has 2 heterocycles. The lowest BCUT2D eigenvalue weighted by Gasteiger charge is -2.34. The molecule has 1 aromatic carbocycles. The molecule has 1 N–H and O–H groups in total. The number of aromatic nitrogens is 1. The van der Waals surface area contributed by atoms with Gasteiger partial charge in [-0.15, -0.1) is 0 Å². The Balaban J connectivity index is 1.76. The fourth-order valence-corrected chi connectivity index (χ4v) is 3.28. The zero-order valence-electron chi connectivity index (χ0n) is 15.0. The van der Waals surface area contributed by atoms with E-state index in [2.05, 4.69) is 29.0 Å². The van der Waals surface area contributed by atoms with E-state index >= 15 is 0 Å². The highest BCUT2D eigenvalue weighted by atomic mass is 19.4. The summed E-state index contributed by atoms with van der Waals surface area (Å²) in [6.45, 7) is 8.11. The van der Waals surface area contributed by atoms with Gasteiger partial charge in [0.25, 0.3) is 0 Å². The number of hydrogen-bond acceptors (Lipinski definition) is 4. The van der Waals surface area contributed by atoms with Crippen LogP contribution < -0.4 is 5.32 Å². The molecule has 0 radical (unpaired) electrons. The number of rotatable bonds is 5. The number of benzene rings is 1. The smallest absolute Gasteiger partial charge is 0.382 e. The average Bonchev–Trinajstić information content (AvgIpc) is 2.58. The predicted octanol–water partition coefficient (Wildman–Crippen LogP) is 4.02. The first-order chi connectivity index (χ1) is 12.3. The van der Waals surface area contributed by atoms with E-state index in [9.17, 15) is 13.2 Å². The Hall–Kier alpha value is -1.86. The molecule has 3 rings (SSSR count). The number of para-hydroxylation sites is 1. The maximum atomic E-state index is 13.1. The first-order valence-electron chi connectivity index (χ1n) is 8.87. The topological polar surface area (TPSA) is 37.4 Å². The molecule has 2 aromatic rings. The summed E-state index contributed by atoms with van der Waals surface area (Å²) in [5.74, 6) is 0.570. The maximum Gasteiger partial charge on any atom is 0.433 e. The molecule has 1 atom stereocenters. The predicted molar refractivity (Wildman–Crippen MR) is 96.3 cm³/mol. The molecule has 0 spiro atoms. The Morgan fingerprint density at radius 1 is 1.31 bits per heavy atom. The lowest BCUT2D eigenvalue weighted by molar-refractivity contribution is -0.140. The van der Waals surface area contributed by atoms with Crippen molar-refractivity contribution in [1.82, 2.24) is 9.88 Å². The van der Waals surface area contributed by atoms with Gasteiger partial charge in [-0.2, -0.15) is 13.2 Å². The third kappa shape index (κ3) is 4.65. The van der Waals surface area contributed by atoms with Crippen LogP contribution in [0.15, 0.2) is 30.3 Å². The quantitative estimate of drug-likeness (QED) is 0.866. The van der Waals surface area contributed by atoms with E-state index in [1.807, 2.05) is 0 Å². The van der Waals surface area contributed by atoms with Gasteiger partial charge in [0.2, 0.25) is 0 Å². The molecule has 142 valence electrons. The highest BCUT2D eigenvalue weighted by molar-refractivity contribution is 5.91. The number of ether oxygens (including phenoxy) is 1. The normalized spacial score (nSPS) is 19.2. The van der Waals surface area contributed by atoms with Crippen LogP contribution in [-0.2, 0) is 10.9 Å². The fraction of sp³-hybridized carbons (Fsp3) is 0.526. The van der Waals surface area contributed by atoms with Crippen molar-refractivity contribution in [3.8, 4) is 0 Å². The summed E-state index contributed by atoms with van der Waals surface area (Å²) in [6, 6.07) is 7.93. The SMILES string of the molecule is CC(C)CN1CCO[C@H](CNc2cc(C(F)(F)F)nc3ccccc23)C1. The van der Waals surface area contributed by atoms with Gasteiger partial charge < -0.3 is 10.1 Å². The second kappa shape index (κ2) is 7.80. The summed E-state index contributed by atoms with van der Waals surface area (Å²) in [4.78, 5) is 6.08. The zero-order chi connectivity index (χ0) is 18.7. The zero-order valence-corrected chi connectivity index (χ0v) is 15.0. The number of morpholine rings is 1. The molecule has 0 unspecified atom stereocenters. The van der Waals surface area contributed by atoms with E-state index in [1.54, 1.807) is 24.3 Å². The van der Waals surface area contributed by atoms with Crippen molar-refractivity contribution < 1.29 is 17.9 Å². The molecule has 1 aliphatic heterocycles. The van der Waals surface area contributed by atoms with E-state index in [4.69, 9.17) is 4.74 Å². The Kier molecular flexibility index (Phi) is 5.67. The van der Waals surface area contributed by atoms with Gasteiger partial charge in [0.15, 0.2) is 0 Å². The molecular weight excluding hydrogens is 343 g/mol. The molecule has 1 saturated heterocycles. The highest BCUT2D eigenvalue weighted by Crippen LogP contribution is 2.33. The van der Waals surface area contributed by atoms with Crippen LogP contribution in [0.4, 0.5) is 18.9 Å². The number of pyridine rings is 1. The van der Waals surface area contributed by atoms with Crippen LogP contribution in [0.25, 0.3) is 10.9 Å². The van der Waals surface area contributed by atoms with Crippen molar-refractivity contribution in [1.29, 1.82) is 0 Å². The second-order valence-electron chi connectivity index (χ2n) is 7.10. The third-order valence-electron chi connectivity index (χ3n) is 4.37. The van der Waals surface area contributed by atoms with Gasteiger partial charge in [-0.25, -0.2) is 4.98 Å². The lowest BCUT2D eigenvalue weighted by Crippen LogP contribution is -2.46. The molecule has 0 aliphatic carbocycles. The lowest BCUT2D eigenvalue weighted by atomic mass is 10.1. The van der Waals surface area contributed by atoms with Gasteiger partial charge in [-0.1, -0.05) is 32.0 Å². The molecule has 0 amide bonds. The van der Waals surface area contributed by atoms with Gasteiger partial charge in [-0.05, 0) is 18.1 Å². The molecule has 1 aromatic heterocycles. The number of hydrogen-bond donors (Lipinski definition) is 1. The Morgan fingerprint density at radius 3 is 2.81 bits per heavy atom. The van der Waals surface area contributed by atoms with E-state index < -0.39 is 11.9 Å². The van der Waals surface area contributed by atoms with Crippen molar-refractivity contribution in [2.75, 3.05) is 38.1 Å². The molecule has 1 fully saturated rings. The summed E-state index contributed by atoms with van der Waals surface area (Å²) in [5.41, 5.74) is -0.118. The Bertz CT molecular complexity index is 748. The minimum absolute atomic E-state index is 0.0521. The number of anilines is 1. The van der Waals surface area contributed by atoms with Crippen molar-refractivity contribution >= 4 is 16.6 Å². The molecule has 7 heteroatoms. The summed E-state index contributed by atoms with van der Waals surface area (Å²) in [7, 11) is 0. The van der Waals surface area contributed by atoms with Crippen LogP contribution in [0, 0.1) is 5.92 Å². The van der Waals surface area contributed by atoms with Crippen LogP contribution in [0.3, 0.4) is 0 Å². The van der Waals surface area contributed by atoms with Crippen molar-refractivity contribution in [2.24, 2.45) is 5.92 Å². The highest BCUT2D eigenvalue weighted by Gasteiger charge is 2.33. The molecule has 4 nitrogen and oxygen atoms in total. The summed E-state index contributed by atoms with van der Waals surface area (Å²) in [5, 5.41) is 3.83. The largest absolute Gasteiger partial charge is 0.433 e. The standard InChI is InChI=1S/C19H24F3N3O/c1-13(2)11-25-7-8-26-14(12-25)10-23-17-9-18(19(20,21)22)24-16-6-4-3-5-15(16)17/h3-6,9,13-14H,7-8,10-12H2,1-2H3,(H,23,24)/t14-/m1/s1. The summed E-state index contributed by atoms with van der Waals surface area (Å²) in [6.07, 6.45) is -4.53. The summed E-state index contributed by atoms with van der Waals surface area (Å²) < 4.78 is 45.2. The Labute approximate surface area is 151 Å². The van der Waals surface area contributed by atoms with Crippen molar-refractivity contribution in [2.45, 2.75) is 26.1 Å². The minimum Gasteiger partial charge on any atom is -0.382 e. The van der Waals surface area contributed by atoms with E-state index in [0.29, 0.717) is 35.7 Å². The van der Waals surface area contributed by atoms with Crippen molar-refractivity contribution in [3.63, 3.8) is 0 Å². The van der Waals surface area contributed by atoms with Crippen LogP contribution in [0.1, 0.15) is 19.5 Å². The number of nitrogens with one attached hydrogen (secondary N) is 1. The van der Waals surface area contributed by atoms with Crippen LogP contribution >= 0.6 is 0 Å². The van der Waals surface area contributed by atoms with Gasteiger partial charge in [-0.3, -0.25) is 4.90 Å². The van der Waals surface area contributed by atoms with Crippen LogP contribution in [-0.4, -0.2) is 48.8 Å². The van der Waals surface area contributed by atoms with E-state index in [-0.39, 0.29) is 6.10 Å². The van der Waals surface area contributed by atoms with Gasteiger partial charge >= 0.3 is 6.18 Å². The number of alkyl halides is 3. The molecule has 0 bridgehead atoms. The molecule has 26 heavy (non-hydrogen) atoms. The molecular formula is C19H24F3N3O. The van der Waals surface area contributed by atoms with E-state index in [1.165, 1.54) is 0 Å². The molecule has 0 saturated carbocycles. The van der Waals surface area contributed by atoms with Gasteiger partial charge in [0, 0.05) is 37.3 Å². The minimum atomic E-state index is -4.48. The summed E-state index contributed by atoms with van der Waals surface area (Å²) >= 11 is 0. The van der Waals surface area contributed by atoms with Crippen LogP contribution in [0.5, 0.6) is 0 Å². The number of nitrogens with zero attached hydrogens (tertiary/aromatic N) is 2. The second-order valence-corrected chi connectivity index (χ2v) is 7.10. The van der Waals surface area contributed by atoms with E-state index in [0.717, 1.165) is 25.7 Å². The van der Waals surface area contributed by atoms with Gasteiger partial charge in [0.05, 0.1) is 18.2 Å². The first kappa shape index (κ1) is 18.9. The molecule has 1 aliphatic rings. The monoisotopic (exact) mass is 367 g/mol. The average molecular weight is 367 g/mol. The first-order valence-corrected chi connectivity index (χ1v) is 8.87. The van der Waals surface area contributed by atoms with Crippen LogP contribution in [0.2, 0.25) is 0 Å². The Morgan fingerprint density at radius 2 is 2.08 bits per heavy atom. The number of halogens is 3. The van der Waals surface area contributed by atoms with Gasteiger partial charge in [0.1, 0.15) is 5.69 Å². The number of fused-ring (bicyclic) bond motifs is 1. The maximum absolute atomic E-state index is 13.1. The van der Waals surface area contributed by atoms with Crippen molar-refractivity contribution in [3.05, 3.63) is 36.0 Å². The fourth-order valence-electron chi connectivity index (χ4n) is 3.28.